The molecular weight excluding hydrogens is 439 g/mol. The number of benzene rings is 2. The predicted molar refractivity (Wildman–Crippen MR) is 112 cm³/mol. The van der Waals surface area contributed by atoms with Gasteiger partial charge in [0.15, 0.2) is 0 Å². The standard InChI is InChI=1S/C20H21IN4O/c21-19-17-12-16(6-7-18(17)23-24-19)22-20(26)15-8-10-25(11-9-15)13-14-4-2-1-3-5-14/h1-7,12,15H,8-11,13H2,(H,22,26)(H,23,24). The van der Waals surface area contributed by atoms with E-state index in [2.05, 4.69) is 67.3 Å². The first-order valence-corrected chi connectivity index (χ1v) is 9.98. The molecule has 1 saturated heterocycles. The number of aromatic nitrogens is 2. The molecule has 0 spiro atoms. The number of carbonyl (C=O) groups is 1. The molecule has 1 aliphatic heterocycles. The maximum atomic E-state index is 12.6. The summed E-state index contributed by atoms with van der Waals surface area (Å²) in [4.78, 5) is 15.1. The summed E-state index contributed by atoms with van der Waals surface area (Å²) in [5.41, 5.74) is 3.09. The van der Waals surface area contributed by atoms with Gasteiger partial charge in [0, 0.05) is 23.5 Å². The lowest BCUT2D eigenvalue weighted by molar-refractivity contribution is -0.121. The first-order valence-electron chi connectivity index (χ1n) is 8.90. The summed E-state index contributed by atoms with van der Waals surface area (Å²) in [6, 6.07) is 16.4. The second kappa shape index (κ2) is 7.75. The average Bonchev–Trinajstić information content (AvgIpc) is 3.04. The van der Waals surface area contributed by atoms with Crippen molar-refractivity contribution in [3.05, 3.63) is 57.8 Å². The van der Waals surface area contributed by atoms with E-state index in [4.69, 9.17) is 0 Å². The Bertz CT molecular complexity index is 901. The number of aromatic amines is 1. The van der Waals surface area contributed by atoms with Gasteiger partial charge < -0.3 is 5.32 Å². The number of halogens is 1. The number of anilines is 1. The maximum Gasteiger partial charge on any atom is 0.227 e. The van der Waals surface area contributed by atoms with Crippen LogP contribution in [0.1, 0.15) is 18.4 Å². The molecule has 4 rings (SSSR count). The molecule has 0 atom stereocenters. The van der Waals surface area contributed by atoms with Crippen LogP contribution in [-0.2, 0) is 11.3 Å². The summed E-state index contributed by atoms with van der Waals surface area (Å²) in [6.45, 7) is 2.89. The Kier molecular flexibility index (Phi) is 5.21. The molecule has 2 N–H and O–H groups in total. The number of hydrogen-bond acceptors (Lipinski definition) is 3. The van der Waals surface area contributed by atoms with E-state index in [-0.39, 0.29) is 11.8 Å². The van der Waals surface area contributed by atoms with Crippen molar-refractivity contribution in [3.63, 3.8) is 0 Å². The van der Waals surface area contributed by atoms with Crippen LogP contribution in [0.3, 0.4) is 0 Å². The van der Waals surface area contributed by atoms with Gasteiger partial charge in [0.25, 0.3) is 0 Å². The number of likely N-dealkylation sites (tertiary alicyclic amines) is 1. The van der Waals surface area contributed by atoms with Crippen molar-refractivity contribution in [2.75, 3.05) is 18.4 Å². The monoisotopic (exact) mass is 460 g/mol. The van der Waals surface area contributed by atoms with Crippen LogP contribution >= 0.6 is 22.6 Å². The molecule has 2 heterocycles. The molecule has 3 aromatic rings. The number of carbonyl (C=O) groups excluding carboxylic acids is 1. The van der Waals surface area contributed by atoms with Crippen LogP contribution in [-0.4, -0.2) is 34.1 Å². The van der Waals surface area contributed by atoms with Crippen LogP contribution < -0.4 is 5.32 Å². The number of hydrogen-bond donors (Lipinski definition) is 2. The second-order valence-corrected chi connectivity index (χ2v) is 7.87. The molecule has 1 aromatic heterocycles. The lowest BCUT2D eigenvalue weighted by atomic mass is 9.95. The van der Waals surface area contributed by atoms with Crippen molar-refractivity contribution < 1.29 is 4.79 Å². The highest BCUT2D eigenvalue weighted by Crippen LogP contribution is 2.24. The summed E-state index contributed by atoms with van der Waals surface area (Å²) in [5, 5.41) is 11.3. The Morgan fingerprint density at radius 1 is 1.19 bits per heavy atom. The summed E-state index contributed by atoms with van der Waals surface area (Å²) < 4.78 is 0.989. The zero-order valence-corrected chi connectivity index (χ0v) is 16.6. The number of amides is 1. The maximum absolute atomic E-state index is 12.6. The molecule has 134 valence electrons. The van der Waals surface area contributed by atoms with Crippen molar-refractivity contribution in [3.8, 4) is 0 Å². The molecule has 0 radical (unpaired) electrons. The van der Waals surface area contributed by atoms with Crippen molar-refractivity contribution in [2.45, 2.75) is 19.4 Å². The van der Waals surface area contributed by atoms with Crippen LogP contribution in [0.5, 0.6) is 0 Å². The third-order valence-corrected chi connectivity index (χ3v) is 5.80. The number of piperidine rings is 1. The van der Waals surface area contributed by atoms with E-state index in [9.17, 15) is 4.79 Å². The summed E-state index contributed by atoms with van der Waals surface area (Å²) in [5.74, 6) is 0.211. The minimum absolute atomic E-state index is 0.0844. The molecule has 0 aliphatic carbocycles. The van der Waals surface area contributed by atoms with Gasteiger partial charge in [0.1, 0.15) is 3.70 Å². The fraction of sp³-hybridized carbons (Fsp3) is 0.300. The quantitative estimate of drug-likeness (QED) is 0.579. The van der Waals surface area contributed by atoms with Gasteiger partial charge in [-0.05, 0) is 72.3 Å². The molecule has 1 amide bonds. The number of H-pyrrole nitrogens is 1. The van der Waals surface area contributed by atoms with Crippen LogP contribution in [0, 0.1) is 9.62 Å². The van der Waals surface area contributed by atoms with Crippen molar-refractivity contribution >= 4 is 45.1 Å². The predicted octanol–water partition coefficient (Wildman–Crippen LogP) is 4.02. The van der Waals surface area contributed by atoms with E-state index in [1.54, 1.807) is 0 Å². The Morgan fingerprint density at radius 3 is 2.73 bits per heavy atom. The van der Waals surface area contributed by atoms with Crippen LogP contribution in [0.25, 0.3) is 10.9 Å². The fourth-order valence-electron chi connectivity index (χ4n) is 3.50. The number of rotatable bonds is 4. The molecule has 0 bridgehead atoms. The lowest BCUT2D eigenvalue weighted by Gasteiger charge is -2.31. The Hall–Kier alpha value is -1.93. The van der Waals surface area contributed by atoms with E-state index in [1.807, 2.05) is 24.3 Å². The number of nitrogens with zero attached hydrogens (tertiary/aromatic N) is 2. The largest absolute Gasteiger partial charge is 0.326 e. The van der Waals surface area contributed by atoms with Crippen molar-refractivity contribution in [1.82, 2.24) is 15.1 Å². The van der Waals surface area contributed by atoms with Crippen molar-refractivity contribution in [2.24, 2.45) is 5.92 Å². The SMILES string of the molecule is O=C(Nc1ccc2n[nH]c(I)c2c1)C1CCN(Cc2ccccc2)CC1. The molecule has 1 fully saturated rings. The molecule has 6 heteroatoms. The second-order valence-electron chi connectivity index (χ2n) is 6.79. The summed E-state index contributed by atoms with van der Waals surface area (Å²) >= 11 is 2.22. The Balaban J connectivity index is 1.33. The first-order chi connectivity index (χ1) is 12.7. The molecule has 0 unspecified atom stereocenters. The van der Waals surface area contributed by atoms with Gasteiger partial charge >= 0.3 is 0 Å². The van der Waals surface area contributed by atoms with Crippen LogP contribution in [0.4, 0.5) is 5.69 Å². The number of nitrogens with one attached hydrogen (secondary N) is 2. The topological polar surface area (TPSA) is 61.0 Å². The molecule has 0 saturated carbocycles. The van der Waals surface area contributed by atoms with Crippen LogP contribution in [0.2, 0.25) is 0 Å². The van der Waals surface area contributed by atoms with Gasteiger partial charge in [0.05, 0.1) is 5.52 Å². The van der Waals surface area contributed by atoms with E-state index in [0.29, 0.717) is 0 Å². The van der Waals surface area contributed by atoms with E-state index in [0.717, 1.165) is 52.8 Å². The smallest absolute Gasteiger partial charge is 0.227 e. The Labute approximate surface area is 166 Å². The van der Waals surface area contributed by atoms with E-state index in [1.165, 1.54) is 5.56 Å². The van der Waals surface area contributed by atoms with Crippen LogP contribution in [0.15, 0.2) is 48.5 Å². The highest BCUT2D eigenvalue weighted by atomic mass is 127. The van der Waals surface area contributed by atoms with E-state index < -0.39 is 0 Å². The van der Waals surface area contributed by atoms with E-state index >= 15 is 0 Å². The molecule has 26 heavy (non-hydrogen) atoms. The zero-order valence-electron chi connectivity index (χ0n) is 14.4. The minimum Gasteiger partial charge on any atom is -0.326 e. The lowest BCUT2D eigenvalue weighted by Crippen LogP contribution is -2.37. The molecular formula is C20H21IN4O. The van der Waals surface area contributed by atoms with Gasteiger partial charge in [-0.2, -0.15) is 5.10 Å². The first kappa shape index (κ1) is 17.5. The molecule has 2 aromatic carbocycles. The third-order valence-electron chi connectivity index (χ3n) is 4.98. The summed E-state index contributed by atoms with van der Waals surface area (Å²) in [7, 11) is 0. The number of fused-ring (bicyclic) bond motifs is 1. The highest BCUT2D eigenvalue weighted by Gasteiger charge is 2.25. The average molecular weight is 460 g/mol. The normalized spacial score (nSPS) is 16.0. The molecule has 1 aliphatic rings. The molecule has 5 nitrogen and oxygen atoms in total. The van der Waals surface area contributed by atoms with Gasteiger partial charge in [-0.1, -0.05) is 30.3 Å². The fourth-order valence-corrected chi connectivity index (χ4v) is 4.05. The van der Waals surface area contributed by atoms with Gasteiger partial charge in [-0.15, -0.1) is 0 Å². The van der Waals surface area contributed by atoms with Gasteiger partial charge in [0.2, 0.25) is 5.91 Å². The zero-order chi connectivity index (χ0) is 17.9. The highest BCUT2D eigenvalue weighted by molar-refractivity contribution is 14.1. The summed E-state index contributed by atoms with van der Waals surface area (Å²) in [6.07, 6.45) is 1.81. The minimum atomic E-state index is 0.0844. The van der Waals surface area contributed by atoms with Crippen molar-refractivity contribution in [1.29, 1.82) is 0 Å². The van der Waals surface area contributed by atoms with Gasteiger partial charge in [-0.3, -0.25) is 14.8 Å². The Morgan fingerprint density at radius 2 is 1.96 bits per heavy atom. The van der Waals surface area contributed by atoms with Gasteiger partial charge in [-0.25, -0.2) is 0 Å². The third kappa shape index (κ3) is 3.91.